The van der Waals surface area contributed by atoms with Gasteiger partial charge in [0, 0.05) is 12.1 Å². The molecule has 0 aromatic carbocycles. The SMILES string of the molecule is CC1(C)C(N)CCC1N. The maximum Gasteiger partial charge on any atom is 0.0106 e. The third-order valence-corrected chi connectivity index (χ3v) is 2.70. The van der Waals surface area contributed by atoms with Crippen molar-refractivity contribution in [3.63, 3.8) is 0 Å². The molecule has 0 spiro atoms. The Morgan fingerprint density at radius 2 is 1.44 bits per heavy atom. The van der Waals surface area contributed by atoms with Crippen molar-refractivity contribution < 1.29 is 0 Å². The molecule has 54 valence electrons. The first-order valence-corrected chi connectivity index (χ1v) is 3.56. The van der Waals surface area contributed by atoms with E-state index in [1.807, 2.05) is 0 Å². The van der Waals surface area contributed by atoms with Gasteiger partial charge in [-0.25, -0.2) is 0 Å². The number of hydrogen-bond acceptors (Lipinski definition) is 2. The average molecular weight is 128 g/mol. The fourth-order valence-corrected chi connectivity index (χ4v) is 1.38. The fourth-order valence-electron chi connectivity index (χ4n) is 1.38. The summed E-state index contributed by atoms with van der Waals surface area (Å²) in [5, 5.41) is 0. The summed E-state index contributed by atoms with van der Waals surface area (Å²) in [6, 6.07) is 0.625. The quantitative estimate of drug-likeness (QED) is 0.498. The van der Waals surface area contributed by atoms with Crippen molar-refractivity contribution >= 4 is 0 Å². The zero-order valence-corrected chi connectivity index (χ0v) is 6.22. The predicted octanol–water partition coefficient (Wildman–Crippen LogP) is 0.461. The Kier molecular flexibility index (Phi) is 1.53. The van der Waals surface area contributed by atoms with Crippen LogP contribution in [0.4, 0.5) is 0 Å². The molecule has 1 aliphatic carbocycles. The van der Waals surface area contributed by atoms with Crippen molar-refractivity contribution in [2.24, 2.45) is 16.9 Å². The van der Waals surface area contributed by atoms with E-state index < -0.39 is 0 Å². The highest BCUT2D eigenvalue weighted by Crippen LogP contribution is 2.34. The average Bonchev–Trinajstić information content (AvgIpc) is 1.96. The van der Waals surface area contributed by atoms with Crippen LogP contribution in [-0.4, -0.2) is 12.1 Å². The van der Waals surface area contributed by atoms with E-state index in [2.05, 4.69) is 13.8 Å². The highest BCUT2D eigenvalue weighted by Gasteiger charge is 2.38. The van der Waals surface area contributed by atoms with Gasteiger partial charge in [-0.05, 0) is 18.3 Å². The summed E-state index contributed by atoms with van der Waals surface area (Å²) in [6.07, 6.45) is 2.18. The maximum atomic E-state index is 5.82. The van der Waals surface area contributed by atoms with Crippen molar-refractivity contribution in [1.82, 2.24) is 0 Å². The largest absolute Gasteiger partial charge is 0.327 e. The molecular weight excluding hydrogens is 112 g/mol. The van der Waals surface area contributed by atoms with Gasteiger partial charge in [0.1, 0.15) is 0 Å². The van der Waals surface area contributed by atoms with Gasteiger partial charge in [0.15, 0.2) is 0 Å². The molecule has 1 aliphatic rings. The lowest BCUT2D eigenvalue weighted by Crippen LogP contribution is -2.42. The molecule has 9 heavy (non-hydrogen) atoms. The summed E-state index contributed by atoms with van der Waals surface area (Å²) in [5.41, 5.74) is 11.8. The van der Waals surface area contributed by atoms with Gasteiger partial charge in [-0.2, -0.15) is 0 Å². The molecule has 0 radical (unpaired) electrons. The van der Waals surface area contributed by atoms with Gasteiger partial charge >= 0.3 is 0 Å². The minimum atomic E-state index is 0.167. The monoisotopic (exact) mass is 128 g/mol. The first-order chi connectivity index (χ1) is 4.05. The molecule has 2 heteroatoms. The standard InChI is InChI=1S/C7H16N2/c1-7(2)5(8)3-4-6(7)9/h5-6H,3-4,8-9H2,1-2H3. The van der Waals surface area contributed by atoms with E-state index in [-0.39, 0.29) is 5.41 Å². The fraction of sp³-hybridized carbons (Fsp3) is 1.00. The predicted molar refractivity (Wildman–Crippen MR) is 39.0 cm³/mol. The van der Waals surface area contributed by atoms with Gasteiger partial charge in [0.25, 0.3) is 0 Å². The Labute approximate surface area is 56.6 Å². The Balaban J connectivity index is 2.66. The minimum absolute atomic E-state index is 0.167. The van der Waals surface area contributed by atoms with Crippen LogP contribution < -0.4 is 11.5 Å². The third-order valence-electron chi connectivity index (χ3n) is 2.70. The van der Waals surface area contributed by atoms with Crippen molar-refractivity contribution in [2.75, 3.05) is 0 Å². The lowest BCUT2D eigenvalue weighted by molar-refractivity contribution is 0.294. The first kappa shape index (κ1) is 7.03. The van der Waals surface area contributed by atoms with Crippen LogP contribution in [-0.2, 0) is 0 Å². The molecule has 4 N–H and O–H groups in total. The lowest BCUT2D eigenvalue weighted by Gasteiger charge is -2.27. The van der Waals surface area contributed by atoms with Crippen LogP contribution >= 0.6 is 0 Å². The van der Waals surface area contributed by atoms with E-state index in [4.69, 9.17) is 11.5 Å². The summed E-state index contributed by atoms with van der Waals surface area (Å²) in [5.74, 6) is 0. The molecule has 0 heterocycles. The second-order valence-corrected chi connectivity index (χ2v) is 3.61. The van der Waals surface area contributed by atoms with Crippen molar-refractivity contribution in [3.05, 3.63) is 0 Å². The smallest absolute Gasteiger partial charge is 0.0106 e. The van der Waals surface area contributed by atoms with Crippen LogP contribution in [0.15, 0.2) is 0 Å². The third kappa shape index (κ3) is 0.970. The molecule has 2 nitrogen and oxygen atoms in total. The van der Waals surface area contributed by atoms with E-state index in [1.54, 1.807) is 0 Å². The summed E-state index contributed by atoms with van der Waals surface area (Å²) < 4.78 is 0. The van der Waals surface area contributed by atoms with Gasteiger partial charge in [-0.3, -0.25) is 0 Å². The van der Waals surface area contributed by atoms with Crippen LogP contribution in [0.2, 0.25) is 0 Å². The maximum absolute atomic E-state index is 5.82. The zero-order valence-electron chi connectivity index (χ0n) is 6.22. The molecule has 2 unspecified atom stereocenters. The van der Waals surface area contributed by atoms with Crippen LogP contribution in [0.25, 0.3) is 0 Å². The molecule has 0 aromatic heterocycles. The van der Waals surface area contributed by atoms with Crippen LogP contribution in [0.1, 0.15) is 26.7 Å². The normalized spacial score (nSPS) is 41.3. The van der Waals surface area contributed by atoms with Crippen LogP contribution in [0.5, 0.6) is 0 Å². The Morgan fingerprint density at radius 1 is 1.11 bits per heavy atom. The van der Waals surface area contributed by atoms with Gasteiger partial charge < -0.3 is 11.5 Å². The molecule has 1 saturated carbocycles. The molecule has 2 atom stereocenters. The molecular formula is C7H16N2. The summed E-state index contributed by atoms with van der Waals surface area (Å²) in [7, 11) is 0. The molecule has 1 fully saturated rings. The Hall–Kier alpha value is -0.0800. The van der Waals surface area contributed by atoms with Gasteiger partial charge in [0.05, 0.1) is 0 Å². The number of nitrogens with two attached hydrogens (primary N) is 2. The lowest BCUT2D eigenvalue weighted by atomic mass is 9.85. The van der Waals surface area contributed by atoms with Crippen LogP contribution in [0, 0.1) is 5.41 Å². The molecule has 0 aromatic rings. The summed E-state index contributed by atoms with van der Waals surface area (Å²) >= 11 is 0. The zero-order chi connectivity index (χ0) is 7.07. The van der Waals surface area contributed by atoms with E-state index >= 15 is 0 Å². The summed E-state index contributed by atoms with van der Waals surface area (Å²) in [4.78, 5) is 0. The molecule has 1 rings (SSSR count). The van der Waals surface area contributed by atoms with Crippen molar-refractivity contribution in [1.29, 1.82) is 0 Å². The van der Waals surface area contributed by atoms with Crippen LogP contribution in [0.3, 0.4) is 0 Å². The van der Waals surface area contributed by atoms with E-state index in [0.29, 0.717) is 12.1 Å². The van der Waals surface area contributed by atoms with Gasteiger partial charge in [-0.15, -0.1) is 0 Å². The number of rotatable bonds is 0. The molecule has 0 amide bonds. The van der Waals surface area contributed by atoms with Crippen molar-refractivity contribution in [2.45, 2.75) is 38.8 Å². The Morgan fingerprint density at radius 3 is 1.56 bits per heavy atom. The highest BCUT2D eigenvalue weighted by molar-refractivity contribution is 4.96. The Bertz CT molecular complexity index is 97.5. The van der Waals surface area contributed by atoms with Crippen molar-refractivity contribution in [3.8, 4) is 0 Å². The first-order valence-electron chi connectivity index (χ1n) is 3.56. The highest BCUT2D eigenvalue weighted by atomic mass is 14.8. The number of hydrogen-bond donors (Lipinski definition) is 2. The minimum Gasteiger partial charge on any atom is -0.327 e. The topological polar surface area (TPSA) is 52.0 Å². The molecule has 0 aliphatic heterocycles. The van der Waals surface area contributed by atoms with E-state index in [0.717, 1.165) is 12.8 Å². The van der Waals surface area contributed by atoms with Gasteiger partial charge in [0.2, 0.25) is 0 Å². The second kappa shape index (κ2) is 1.96. The van der Waals surface area contributed by atoms with E-state index in [1.165, 1.54) is 0 Å². The van der Waals surface area contributed by atoms with Gasteiger partial charge in [-0.1, -0.05) is 13.8 Å². The second-order valence-electron chi connectivity index (χ2n) is 3.61. The van der Waals surface area contributed by atoms with E-state index in [9.17, 15) is 0 Å². The summed E-state index contributed by atoms with van der Waals surface area (Å²) in [6.45, 7) is 4.30. The molecule has 0 saturated heterocycles. The molecule has 0 bridgehead atoms.